The van der Waals surface area contributed by atoms with E-state index in [4.69, 9.17) is 4.74 Å². The van der Waals surface area contributed by atoms with Crippen molar-refractivity contribution in [3.8, 4) is 0 Å². The molecule has 0 aromatic rings. The van der Waals surface area contributed by atoms with Crippen molar-refractivity contribution in [2.24, 2.45) is 5.41 Å². The molecule has 0 bridgehead atoms. The summed E-state index contributed by atoms with van der Waals surface area (Å²) in [4.78, 5) is 11.2. The fourth-order valence-corrected chi connectivity index (χ4v) is 1.14. The van der Waals surface area contributed by atoms with Gasteiger partial charge in [-0.3, -0.25) is 4.79 Å². The predicted molar refractivity (Wildman–Crippen MR) is 52.4 cm³/mol. The first kappa shape index (κ1) is 11.2. The molecule has 0 rings (SSSR count). The molecule has 0 saturated heterocycles. The van der Waals surface area contributed by atoms with Crippen molar-refractivity contribution < 1.29 is 9.53 Å². The summed E-state index contributed by atoms with van der Waals surface area (Å²) in [6.45, 7) is 4.00. The Morgan fingerprint density at radius 3 is 2.18 bits per heavy atom. The van der Waals surface area contributed by atoms with Crippen LogP contribution in [-0.2, 0) is 9.53 Å². The van der Waals surface area contributed by atoms with Crippen molar-refractivity contribution >= 4 is 31.2 Å². The number of hydrogen-bond acceptors (Lipinski definition) is 4. The first-order chi connectivity index (χ1) is 5.10. The summed E-state index contributed by atoms with van der Waals surface area (Å²) in [5.41, 5.74) is -0.539. The van der Waals surface area contributed by atoms with Gasteiger partial charge in [0, 0.05) is 11.5 Å². The normalized spacial score (nSPS) is 11.3. The average molecular weight is 194 g/mol. The highest BCUT2D eigenvalue weighted by Gasteiger charge is 2.31. The first-order valence-corrected chi connectivity index (χ1v) is 4.76. The molecule has 0 atom stereocenters. The van der Waals surface area contributed by atoms with Gasteiger partial charge in [-0.05, 0) is 13.8 Å². The van der Waals surface area contributed by atoms with Crippen LogP contribution < -0.4 is 0 Å². The summed E-state index contributed by atoms with van der Waals surface area (Å²) in [6.07, 6.45) is 0. The zero-order valence-electron chi connectivity index (χ0n) is 6.83. The largest absolute Gasteiger partial charge is 0.466 e. The van der Waals surface area contributed by atoms with Crippen LogP contribution in [0.25, 0.3) is 0 Å². The van der Waals surface area contributed by atoms with E-state index in [1.54, 1.807) is 13.8 Å². The lowest BCUT2D eigenvalue weighted by Gasteiger charge is -2.22. The van der Waals surface area contributed by atoms with Crippen LogP contribution in [0.2, 0.25) is 0 Å². The van der Waals surface area contributed by atoms with Gasteiger partial charge in [-0.1, -0.05) is 0 Å². The predicted octanol–water partition coefficient (Wildman–Crippen LogP) is 1.42. The molecular formula is C7H14O2S2. The second-order valence-electron chi connectivity index (χ2n) is 2.60. The summed E-state index contributed by atoms with van der Waals surface area (Å²) < 4.78 is 4.85. The molecule has 0 aromatic heterocycles. The van der Waals surface area contributed by atoms with Crippen molar-refractivity contribution in [1.29, 1.82) is 0 Å². The summed E-state index contributed by atoms with van der Waals surface area (Å²) in [5.74, 6) is 0.718. The summed E-state index contributed by atoms with van der Waals surface area (Å²) in [6, 6.07) is 0. The topological polar surface area (TPSA) is 26.3 Å². The van der Waals surface area contributed by atoms with Crippen LogP contribution in [0.15, 0.2) is 0 Å². The highest BCUT2D eigenvalue weighted by molar-refractivity contribution is 7.81. The van der Waals surface area contributed by atoms with E-state index in [0.29, 0.717) is 18.1 Å². The Balaban J connectivity index is 4.12. The average Bonchev–Trinajstić information content (AvgIpc) is 2.03. The Morgan fingerprint density at radius 2 is 1.91 bits per heavy atom. The highest BCUT2D eigenvalue weighted by Crippen LogP contribution is 2.21. The third-order valence-electron chi connectivity index (χ3n) is 1.47. The van der Waals surface area contributed by atoms with E-state index in [1.165, 1.54) is 0 Å². The van der Waals surface area contributed by atoms with Crippen molar-refractivity contribution in [2.45, 2.75) is 13.8 Å². The van der Waals surface area contributed by atoms with E-state index >= 15 is 0 Å². The number of thiol groups is 2. The van der Waals surface area contributed by atoms with Gasteiger partial charge >= 0.3 is 5.97 Å². The first-order valence-electron chi connectivity index (χ1n) is 3.49. The molecule has 0 amide bonds. The van der Waals surface area contributed by atoms with Gasteiger partial charge in [-0.15, -0.1) is 0 Å². The second-order valence-corrected chi connectivity index (χ2v) is 3.23. The Morgan fingerprint density at radius 1 is 1.45 bits per heavy atom. The fraction of sp³-hybridized carbons (Fsp3) is 0.857. The number of rotatable bonds is 4. The molecule has 0 spiro atoms. The fourth-order valence-electron chi connectivity index (χ4n) is 0.484. The van der Waals surface area contributed by atoms with Crippen molar-refractivity contribution in [3.63, 3.8) is 0 Å². The maximum absolute atomic E-state index is 11.2. The Bertz CT molecular complexity index is 132. The van der Waals surface area contributed by atoms with Crippen molar-refractivity contribution in [2.75, 3.05) is 18.1 Å². The molecule has 4 heteroatoms. The molecule has 2 nitrogen and oxygen atoms in total. The Hall–Kier alpha value is 0.170. The van der Waals surface area contributed by atoms with E-state index in [9.17, 15) is 4.79 Å². The Kier molecular flexibility index (Phi) is 5.01. The van der Waals surface area contributed by atoms with E-state index < -0.39 is 5.41 Å². The van der Waals surface area contributed by atoms with Crippen LogP contribution in [0.4, 0.5) is 0 Å². The summed E-state index contributed by atoms with van der Waals surface area (Å²) in [5, 5.41) is 0. The third-order valence-corrected chi connectivity index (χ3v) is 2.86. The maximum atomic E-state index is 11.2. The van der Waals surface area contributed by atoms with Gasteiger partial charge in [0.25, 0.3) is 0 Å². The molecule has 0 unspecified atom stereocenters. The Labute approximate surface area is 78.5 Å². The van der Waals surface area contributed by atoms with E-state index in [2.05, 4.69) is 25.3 Å². The maximum Gasteiger partial charge on any atom is 0.313 e. The lowest BCUT2D eigenvalue weighted by molar-refractivity contribution is -0.151. The number of hydrogen-bond donors (Lipinski definition) is 2. The molecule has 0 aliphatic rings. The van der Waals surface area contributed by atoms with Crippen LogP contribution in [0, 0.1) is 5.41 Å². The van der Waals surface area contributed by atoms with E-state index in [1.807, 2.05) is 0 Å². The molecule has 0 heterocycles. The van der Waals surface area contributed by atoms with Crippen molar-refractivity contribution in [1.82, 2.24) is 0 Å². The summed E-state index contributed by atoms with van der Waals surface area (Å²) >= 11 is 8.13. The number of carbonyl (C=O) groups is 1. The molecule has 0 N–H and O–H groups in total. The highest BCUT2D eigenvalue weighted by atomic mass is 32.1. The lowest BCUT2D eigenvalue weighted by Crippen LogP contribution is -2.33. The zero-order valence-corrected chi connectivity index (χ0v) is 8.62. The number of carbonyl (C=O) groups excluding carboxylic acids is 1. The van der Waals surface area contributed by atoms with Gasteiger partial charge in [0.2, 0.25) is 0 Å². The molecule has 66 valence electrons. The van der Waals surface area contributed by atoms with Crippen LogP contribution in [-0.4, -0.2) is 24.1 Å². The van der Waals surface area contributed by atoms with E-state index in [0.717, 1.165) is 0 Å². The molecule has 0 aliphatic carbocycles. The van der Waals surface area contributed by atoms with Crippen LogP contribution in [0.5, 0.6) is 0 Å². The number of esters is 1. The van der Waals surface area contributed by atoms with Gasteiger partial charge < -0.3 is 4.74 Å². The SMILES string of the molecule is CCOC(=O)C(C)(CS)CS. The summed E-state index contributed by atoms with van der Waals surface area (Å²) in [7, 11) is 0. The molecule has 0 saturated carbocycles. The second kappa shape index (κ2) is 4.93. The molecule has 0 aliphatic heterocycles. The smallest absolute Gasteiger partial charge is 0.313 e. The van der Waals surface area contributed by atoms with Gasteiger partial charge in [-0.2, -0.15) is 25.3 Å². The lowest BCUT2D eigenvalue weighted by atomic mass is 9.96. The zero-order chi connectivity index (χ0) is 8.91. The van der Waals surface area contributed by atoms with Gasteiger partial charge in [-0.25, -0.2) is 0 Å². The minimum atomic E-state index is -0.539. The molecule has 0 aromatic carbocycles. The molecule has 11 heavy (non-hydrogen) atoms. The van der Waals surface area contributed by atoms with E-state index in [-0.39, 0.29) is 5.97 Å². The minimum absolute atomic E-state index is 0.218. The minimum Gasteiger partial charge on any atom is -0.466 e. The van der Waals surface area contributed by atoms with Gasteiger partial charge in [0.15, 0.2) is 0 Å². The van der Waals surface area contributed by atoms with Crippen LogP contribution >= 0.6 is 25.3 Å². The molecule has 0 fully saturated rings. The van der Waals surface area contributed by atoms with Crippen LogP contribution in [0.1, 0.15) is 13.8 Å². The van der Waals surface area contributed by atoms with Crippen LogP contribution in [0.3, 0.4) is 0 Å². The quantitative estimate of drug-likeness (QED) is 0.523. The molecule has 0 radical (unpaired) electrons. The van der Waals surface area contributed by atoms with Crippen molar-refractivity contribution in [3.05, 3.63) is 0 Å². The standard InChI is InChI=1S/C7H14O2S2/c1-3-9-6(8)7(2,4-10)5-11/h10-11H,3-5H2,1-2H3. The third kappa shape index (κ3) is 2.95. The van der Waals surface area contributed by atoms with Gasteiger partial charge in [0.05, 0.1) is 12.0 Å². The molecular weight excluding hydrogens is 180 g/mol. The van der Waals surface area contributed by atoms with Gasteiger partial charge in [0.1, 0.15) is 0 Å². The monoisotopic (exact) mass is 194 g/mol. The number of ether oxygens (including phenoxy) is 1.